The van der Waals surface area contributed by atoms with Gasteiger partial charge in [0.2, 0.25) is 11.8 Å². The molecule has 1 rings (SSSR count). The molecule has 1 heterocycles. The fraction of sp³-hybridized carbons (Fsp3) is 0.800. The van der Waals surface area contributed by atoms with E-state index >= 15 is 0 Å². The summed E-state index contributed by atoms with van der Waals surface area (Å²) < 4.78 is 4.94. The predicted molar refractivity (Wildman–Crippen MR) is 88.5 cm³/mol. The Hall–Kier alpha value is -0.850. The second kappa shape index (κ2) is 10.8. The summed E-state index contributed by atoms with van der Waals surface area (Å²) in [5, 5.41) is 0. The summed E-state index contributed by atoms with van der Waals surface area (Å²) in [6, 6.07) is -0.610. The van der Waals surface area contributed by atoms with E-state index in [1.54, 1.807) is 7.11 Å². The van der Waals surface area contributed by atoms with Crippen molar-refractivity contribution in [1.82, 2.24) is 9.80 Å². The highest BCUT2D eigenvalue weighted by Crippen LogP contribution is 2.21. The van der Waals surface area contributed by atoms with E-state index in [-0.39, 0.29) is 6.42 Å². The smallest absolute Gasteiger partial charge is 0.334 e. The van der Waals surface area contributed by atoms with Gasteiger partial charge in [-0.05, 0) is 25.7 Å². The van der Waals surface area contributed by atoms with Crippen LogP contribution in [0.3, 0.4) is 0 Å². The maximum absolute atomic E-state index is 12.4. The zero-order valence-corrected chi connectivity index (χ0v) is 14.9. The van der Waals surface area contributed by atoms with Gasteiger partial charge in [0, 0.05) is 26.1 Å². The topological polar surface area (TPSA) is 66.9 Å². The third kappa shape index (κ3) is 6.28. The van der Waals surface area contributed by atoms with Crippen molar-refractivity contribution in [2.24, 2.45) is 0 Å². The number of halogens is 2. The monoisotopic (exact) mass is 366 g/mol. The molecule has 0 aromatic heterocycles. The molecule has 1 unspecified atom stereocenters. The minimum Gasteiger partial charge on any atom is -0.385 e. The molecule has 8 heteroatoms. The van der Waals surface area contributed by atoms with Crippen LogP contribution in [0.2, 0.25) is 0 Å². The summed E-state index contributed by atoms with van der Waals surface area (Å²) in [5.41, 5.74) is -0.753. The van der Waals surface area contributed by atoms with Gasteiger partial charge in [0.25, 0.3) is 0 Å². The molecular formula is C15H24Cl2N2O4. The van der Waals surface area contributed by atoms with Crippen LogP contribution in [0.15, 0.2) is 0 Å². The molecule has 1 fully saturated rings. The number of carbonyl (C=O) groups is 3. The van der Waals surface area contributed by atoms with Gasteiger partial charge in [0.1, 0.15) is 11.9 Å². The standard InChI is InChI=1S/C15H24Cl2N2O4/c1-23-10-6-7-12(17)19-14(21)11-13(20)18(15(19)22)9-5-3-2-4-8-16/h12H,2-11H2,1H3. The van der Waals surface area contributed by atoms with Gasteiger partial charge in [-0.3, -0.25) is 14.5 Å². The molecule has 0 saturated carbocycles. The number of imide groups is 2. The molecule has 0 spiro atoms. The van der Waals surface area contributed by atoms with E-state index in [4.69, 9.17) is 27.9 Å². The number of nitrogens with zero attached hydrogens (tertiary/aromatic N) is 2. The van der Waals surface area contributed by atoms with Crippen molar-refractivity contribution < 1.29 is 19.1 Å². The Bertz CT molecular complexity index is 420. The van der Waals surface area contributed by atoms with Crippen LogP contribution in [-0.4, -0.2) is 59.3 Å². The zero-order chi connectivity index (χ0) is 17.2. The third-order valence-electron chi connectivity index (χ3n) is 3.65. The van der Waals surface area contributed by atoms with Crippen molar-refractivity contribution in [2.75, 3.05) is 26.1 Å². The largest absolute Gasteiger partial charge is 0.385 e. The molecule has 0 N–H and O–H groups in total. The van der Waals surface area contributed by atoms with E-state index in [9.17, 15) is 14.4 Å². The van der Waals surface area contributed by atoms with Gasteiger partial charge in [0.15, 0.2) is 0 Å². The fourth-order valence-electron chi connectivity index (χ4n) is 2.39. The van der Waals surface area contributed by atoms with Gasteiger partial charge in [-0.1, -0.05) is 24.4 Å². The Morgan fingerprint density at radius 3 is 2.43 bits per heavy atom. The molecule has 0 radical (unpaired) electrons. The Morgan fingerprint density at radius 1 is 1.09 bits per heavy atom. The Morgan fingerprint density at radius 2 is 1.78 bits per heavy atom. The molecule has 6 nitrogen and oxygen atoms in total. The molecule has 1 aliphatic rings. The molecule has 23 heavy (non-hydrogen) atoms. The Kier molecular flexibility index (Phi) is 9.52. The van der Waals surface area contributed by atoms with Crippen LogP contribution >= 0.6 is 23.2 Å². The summed E-state index contributed by atoms with van der Waals surface area (Å²) in [7, 11) is 1.57. The van der Waals surface area contributed by atoms with Crippen molar-refractivity contribution in [3.8, 4) is 0 Å². The number of methoxy groups -OCH3 is 1. The van der Waals surface area contributed by atoms with Crippen molar-refractivity contribution in [3.63, 3.8) is 0 Å². The van der Waals surface area contributed by atoms with E-state index < -0.39 is 23.3 Å². The van der Waals surface area contributed by atoms with E-state index in [0.29, 0.717) is 38.3 Å². The minimum absolute atomic E-state index is 0.305. The number of hydrogen-bond donors (Lipinski definition) is 0. The summed E-state index contributed by atoms with van der Waals surface area (Å²) in [6.45, 7) is 0.814. The van der Waals surface area contributed by atoms with Gasteiger partial charge in [-0.2, -0.15) is 0 Å². The molecule has 0 bridgehead atoms. The van der Waals surface area contributed by atoms with Crippen molar-refractivity contribution in [2.45, 2.75) is 50.4 Å². The normalized spacial score (nSPS) is 17.1. The quantitative estimate of drug-likeness (QED) is 0.244. The molecule has 132 valence electrons. The molecule has 0 aromatic rings. The van der Waals surface area contributed by atoms with Crippen LogP contribution in [0.25, 0.3) is 0 Å². The first-order valence-corrected chi connectivity index (χ1v) is 8.85. The first-order chi connectivity index (χ1) is 11.0. The minimum atomic E-state index is -0.753. The maximum Gasteiger partial charge on any atom is 0.334 e. The highest BCUT2D eigenvalue weighted by molar-refractivity contribution is 6.25. The van der Waals surface area contributed by atoms with E-state index in [2.05, 4.69) is 0 Å². The van der Waals surface area contributed by atoms with Gasteiger partial charge in [-0.15, -0.1) is 11.6 Å². The van der Waals surface area contributed by atoms with Crippen molar-refractivity contribution in [3.05, 3.63) is 0 Å². The highest BCUT2D eigenvalue weighted by atomic mass is 35.5. The Balaban J connectivity index is 2.57. The lowest BCUT2D eigenvalue weighted by molar-refractivity contribution is -0.143. The van der Waals surface area contributed by atoms with Crippen molar-refractivity contribution >= 4 is 41.0 Å². The van der Waals surface area contributed by atoms with Gasteiger partial charge in [-0.25, -0.2) is 9.69 Å². The summed E-state index contributed by atoms with van der Waals surface area (Å²) >= 11 is 11.8. The lowest BCUT2D eigenvalue weighted by Gasteiger charge is -2.35. The predicted octanol–water partition coefficient (Wildman–Crippen LogP) is 2.96. The number of rotatable bonds is 11. The van der Waals surface area contributed by atoms with Crippen LogP contribution < -0.4 is 0 Å². The molecule has 4 amide bonds. The van der Waals surface area contributed by atoms with Crippen LogP contribution in [-0.2, 0) is 14.3 Å². The second-order valence-corrected chi connectivity index (χ2v) is 6.32. The molecular weight excluding hydrogens is 343 g/mol. The number of amides is 4. The molecule has 1 aliphatic heterocycles. The average molecular weight is 367 g/mol. The van der Waals surface area contributed by atoms with Crippen LogP contribution in [0.4, 0.5) is 4.79 Å². The van der Waals surface area contributed by atoms with Gasteiger partial charge in [0.05, 0.1) is 0 Å². The van der Waals surface area contributed by atoms with Gasteiger partial charge >= 0.3 is 6.03 Å². The zero-order valence-electron chi connectivity index (χ0n) is 13.4. The number of carbonyl (C=O) groups excluding carboxylic acids is 3. The number of hydrogen-bond acceptors (Lipinski definition) is 4. The first kappa shape index (κ1) is 20.2. The van der Waals surface area contributed by atoms with Crippen LogP contribution in [0, 0.1) is 0 Å². The maximum atomic E-state index is 12.4. The number of urea groups is 1. The van der Waals surface area contributed by atoms with Gasteiger partial charge < -0.3 is 4.74 Å². The summed E-state index contributed by atoms with van der Waals surface area (Å²) in [4.78, 5) is 38.5. The van der Waals surface area contributed by atoms with E-state index in [1.807, 2.05) is 0 Å². The molecule has 0 aliphatic carbocycles. The Labute approximate surface area is 147 Å². The second-order valence-electron chi connectivity index (χ2n) is 5.44. The lowest BCUT2D eigenvalue weighted by Crippen LogP contribution is -2.57. The number of unbranched alkanes of at least 4 members (excludes halogenated alkanes) is 3. The molecule has 1 saturated heterocycles. The number of alkyl halides is 2. The van der Waals surface area contributed by atoms with E-state index in [1.165, 1.54) is 0 Å². The molecule has 0 aromatic carbocycles. The number of ether oxygens (including phenoxy) is 1. The SMILES string of the molecule is COCCCC(Cl)N1C(=O)CC(=O)N(CCCCCCCl)C1=O. The van der Waals surface area contributed by atoms with Crippen LogP contribution in [0.1, 0.15) is 44.9 Å². The lowest BCUT2D eigenvalue weighted by atomic mass is 10.1. The van der Waals surface area contributed by atoms with E-state index in [0.717, 1.165) is 29.1 Å². The number of barbiturate groups is 1. The third-order valence-corrected chi connectivity index (χ3v) is 4.33. The first-order valence-electron chi connectivity index (χ1n) is 7.88. The van der Waals surface area contributed by atoms with Crippen LogP contribution in [0.5, 0.6) is 0 Å². The molecule has 1 atom stereocenters. The average Bonchev–Trinajstić information content (AvgIpc) is 2.50. The fourth-order valence-corrected chi connectivity index (χ4v) is 2.93. The summed E-state index contributed by atoms with van der Waals surface area (Å²) in [5.74, 6) is -0.371. The van der Waals surface area contributed by atoms with Crippen molar-refractivity contribution in [1.29, 1.82) is 0 Å². The highest BCUT2D eigenvalue weighted by Gasteiger charge is 2.40. The summed E-state index contributed by atoms with van der Waals surface area (Å²) in [6.07, 6.45) is 4.22.